The van der Waals surface area contributed by atoms with E-state index < -0.39 is 35.3 Å². The molecule has 206 valence electrons. The lowest BCUT2D eigenvalue weighted by Crippen LogP contribution is -2.46. The number of phenols is 1. The fourth-order valence-corrected chi connectivity index (χ4v) is 4.04. The first-order chi connectivity index (χ1) is 18.0. The van der Waals surface area contributed by atoms with Crippen LogP contribution in [0.1, 0.15) is 65.8 Å². The summed E-state index contributed by atoms with van der Waals surface area (Å²) in [6, 6.07) is 3.58. The van der Waals surface area contributed by atoms with E-state index in [4.69, 9.17) is 9.47 Å². The fraction of sp³-hybridized carbons (Fsp3) is 0.500. The zero-order valence-corrected chi connectivity index (χ0v) is 22.6. The van der Waals surface area contributed by atoms with Gasteiger partial charge >= 0.3 is 6.09 Å². The largest absolute Gasteiger partial charge is 0.506 e. The first-order valence-corrected chi connectivity index (χ1v) is 12.6. The number of ketones is 1. The van der Waals surface area contributed by atoms with Crippen LogP contribution in [0.15, 0.2) is 24.4 Å². The molecule has 12 heteroatoms. The maximum Gasteiger partial charge on any atom is 0.408 e. The van der Waals surface area contributed by atoms with E-state index in [1.807, 2.05) is 34.6 Å². The predicted molar refractivity (Wildman–Crippen MR) is 141 cm³/mol. The number of phenolic OH excluding ortho intramolecular Hbond substituents is 1. The molecule has 0 aliphatic heterocycles. The van der Waals surface area contributed by atoms with Gasteiger partial charge in [-0.25, -0.2) is 9.78 Å². The van der Waals surface area contributed by atoms with Gasteiger partial charge in [-0.3, -0.25) is 14.7 Å². The summed E-state index contributed by atoms with van der Waals surface area (Å²) in [5, 5.41) is 21.8. The minimum absolute atomic E-state index is 0.00956. The average Bonchev–Trinajstić information content (AvgIpc) is 3.49. The smallest absolute Gasteiger partial charge is 0.408 e. The Balaban J connectivity index is 1.86. The summed E-state index contributed by atoms with van der Waals surface area (Å²) >= 11 is 0. The SMILES string of the molecule is CCCC[C@H](NC(=O)O[C@@H](c1nc2c(OCC)ccc(O)c2n1C)C(C)(C)C)C(=O)C(=O)Nc1ccn[nH]1. The lowest BCUT2D eigenvalue weighted by Gasteiger charge is -2.30. The Hall–Kier alpha value is -4.09. The first kappa shape index (κ1) is 28.5. The zero-order chi connectivity index (χ0) is 28.0. The third kappa shape index (κ3) is 6.42. The molecule has 38 heavy (non-hydrogen) atoms. The standard InChI is InChI=1S/C26H36N6O6/c1-7-9-10-15(21(34)24(35)29-18-13-14-27-31-18)28-25(36)38-22(26(3,4)5)23-30-19-17(37-8-2)12-11-16(33)20(19)32(23)6/h11-15,22,33H,7-10H2,1-6H3,(H,28,36)(H2,27,29,31,35)/t15-,22-/m0/s1. The number of aromatic hydroxyl groups is 1. The summed E-state index contributed by atoms with van der Waals surface area (Å²) in [6.07, 6.45) is 1.35. The van der Waals surface area contributed by atoms with E-state index in [1.165, 1.54) is 18.3 Å². The van der Waals surface area contributed by atoms with E-state index in [1.54, 1.807) is 17.7 Å². The Kier molecular flexibility index (Phi) is 8.97. The van der Waals surface area contributed by atoms with Gasteiger partial charge in [0, 0.05) is 18.5 Å². The number of rotatable bonds is 11. The van der Waals surface area contributed by atoms with Gasteiger partial charge in [0.15, 0.2) is 11.9 Å². The van der Waals surface area contributed by atoms with E-state index in [2.05, 4.69) is 25.8 Å². The molecule has 4 N–H and O–H groups in total. The van der Waals surface area contributed by atoms with Gasteiger partial charge in [-0.1, -0.05) is 40.5 Å². The van der Waals surface area contributed by atoms with E-state index in [-0.39, 0.29) is 18.0 Å². The van der Waals surface area contributed by atoms with Crippen LogP contribution in [0, 0.1) is 5.41 Å². The molecule has 0 bridgehead atoms. The van der Waals surface area contributed by atoms with Gasteiger partial charge in [-0.2, -0.15) is 5.10 Å². The van der Waals surface area contributed by atoms with Crippen molar-refractivity contribution >= 4 is 34.6 Å². The minimum atomic E-state index is -1.08. The highest BCUT2D eigenvalue weighted by atomic mass is 16.6. The van der Waals surface area contributed by atoms with Crippen LogP contribution in [0.25, 0.3) is 11.0 Å². The quantitative estimate of drug-likeness (QED) is 0.272. The number of ether oxygens (including phenoxy) is 2. The molecule has 0 radical (unpaired) electrons. The van der Waals surface area contributed by atoms with Gasteiger partial charge in [0.25, 0.3) is 5.91 Å². The van der Waals surface area contributed by atoms with Crippen LogP contribution in [-0.4, -0.2) is 55.3 Å². The molecular weight excluding hydrogens is 492 g/mol. The molecule has 0 fully saturated rings. The van der Waals surface area contributed by atoms with Gasteiger partial charge in [-0.05, 0) is 25.5 Å². The number of unbranched alkanes of at least 4 members (excludes halogenated alkanes) is 1. The van der Waals surface area contributed by atoms with Crippen molar-refractivity contribution in [3.8, 4) is 11.5 Å². The summed E-state index contributed by atoms with van der Waals surface area (Å²) in [7, 11) is 1.72. The minimum Gasteiger partial charge on any atom is -0.506 e. The number of aromatic amines is 1. The van der Waals surface area contributed by atoms with Crippen molar-refractivity contribution in [2.75, 3.05) is 11.9 Å². The van der Waals surface area contributed by atoms with E-state index in [0.717, 1.165) is 6.42 Å². The number of hydrogen-bond acceptors (Lipinski definition) is 8. The molecule has 0 spiro atoms. The van der Waals surface area contributed by atoms with Crippen molar-refractivity contribution < 1.29 is 29.0 Å². The number of imidazole rings is 1. The fourth-order valence-electron chi connectivity index (χ4n) is 4.04. The van der Waals surface area contributed by atoms with Crippen molar-refractivity contribution in [1.29, 1.82) is 0 Å². The third-order valence-electron chi connectivity index (χ3n) is 5.97. The van der Waals surface area contributed by atoms with Crippen LogP contribution >= 0.6 is 0 Å². The molecule has 3 aromatic rings. The highest BCUT2D eigenvalue weighted by Crippen LogP contribution is 2.40. The van der Waals surface area contributed by atoms with Gasteiger partial charge in [0.05, 0.1) is 12.8 Å². The number of hydrogen-bond donors (Lipinski definition) is 4. The third-order valence-corrected chi connectivity index (χ3v) is 5.97. The summed E-state index contributed by atoms with van der Waals surface area (Å²) in [5.41, 5.74) is 0.263. The van der Waals surface area contributed by atoms with Crippen molar-refractivity contribution in [3.05, 3.63) is 30.2 Å². The second-order valence-electron chi connectivity index (χ2n) is 10.0. The number of H-pyrrole nitrogens is 1. The van der Waals surface area contributed by atoms with Crippen LogP contribution in [0.5, 0.6) is 11.5 Å². The normalized spacial score (nSPS) is 13.1. The number of carbonyl (C=O) groups excluding carboxylic acids is 3. The number of carbonyl (C=O) groups is 3. The molecular formula is C26H36N6O6. The zero-order valence-electron chi connectivity index (χ0n) is 22.6. The topological polar surface area (TPSA) is 160 Å². The Labute approximate surface area is 221 Å². The summed E-state index contributed by atoms with van der Waals surface area (Å²) in [5.74, 6) is -0.519. The second-order valence-corrected chi connectivity index (χ2v) is 10.0. The summed E-state index contributed by atoms with van der Waals surface area (Å²) in [4.78, 5) is 43.2. The molecule has 0 aliphatic rings. The van der Waals surface area contributed by atoms with Gasteiger partial charge in [0.2, 0.25) is 5.78 Å². The molecule has 3 rings (SSSR count). The predicted octanol–water partition coefficient (Wildman–Crippen LogP) is 3.98. The monoisotopic (exact) mass is 528 g/mol. The van der Waals surface area contributed by atoms with E-state index in [0.29, 0.717) is 35.6 Å². The molecule has 0 aliphatic carbocycles. The van der Waals surface area contributed by atoms with E-state index >= 15 is 0 Å². The number of amides is 2. The molecule has 0 saturated heterocycles. The maximum absolute atomic E-state index is 13.1. The maximum atomic E-state index is 13.1. The molecule has 0 unspecified atom stereocenters. The van der Waals surface area contributed by atoms with Crippen LogP contribution in [0.2, 0.25) is 0 Å². The number of nitrogens with zero attached hydrogens (tertiary/aromatic N) is 3. The highest BCUT2D eigenvalue weighted by molar-refractivity contribution is 6.42. The molecule has 2 aromatic heterocycles. The van der Waals surface area contributed by atoms with Gasteiger partial charge in [0.1, 0.15) is 34.4 Å². The number of fused-ring (bicyclic) bond motifs is 1. The van der Waals surface area contributed by atoms with Gasteiger partial charge in [-0.15, -0.1) is 0 Å². The van der Waals surface area contributed by atoms with Gasteiger partial charge < -0.3 is 29.8 Å². The number of aromatic nitrogens is 4. The molecule has 2 amide bonds. The van der Waals surface area contributed by atoms with Crippen LogP contribution in [0.4, 0.5) is 10.6 Å². The molecule has 2 atom stereocenters. The number of Topliss-reactive ketones (excluding diaryl/α,β-unsaturated/α-hetero) is 1. The van der Waals surface area contributed by atoms with Crippen molar-refractivity contribution in [3.63, 3.8) is 0 Å². The molecule has 12 nitrogen and oxygen atoms in total. The molecule has 2 heterocycles. The lowest BCUT2D eigenvalue weighted by molar-refractivity contribution is -0.136. The van der Waals surface area contributed by atoms with Crippen molar-refractivity contribution in [2.45, 2.75) is 66.0 Å². The lowest BCUT2D eigenvalue weighted by atomic mass is 9.88. The summed E-state index contributed by atoms with van der Waals surface area (Å²) in [6.45, 7) is 9.84. The average molecular weight is 529 g/mol. The Morgan fingerprint density at radius 3 is 2.53 bits per heavy atom. The van der Waals surface area contributed by atoms with E-state index in [9.17, 15) is 19.5 Å². The highest BCUT2D eigenvalue weighted by Gasteiger charge is 2.36. The van der Waals surface area contributed by atoms with Crippen molar-refractivity contribution in [2.24, 2.45) is 12.5 Å². The number of aryl methyl sites for hydroxylation is 1. The number of nitrogens with one attached hydrogen (secondary N) is 3. The Morgan fingerprint density at radius 2 is 1.92 bits per heavy atom. The number of anilines is 1. The van der Waals surface area contributed by atoms with Crippen LogP contribution in [0.3, 0.4) is 0 Å². The number of benzene rings is 1. The Morgan fingerprint density at radius 1 is 1.18 bits per heavy atom. The van der Waals surface area contributed by atoms with Crippen LogP contribution < -0.4 is 15.4 Å². The number of alkyl carbamates (subject to hydrolysis) is 1. The second kappa shape index (κ2) is 12.0. The van der Waals surface area contributed by atoms with Crippen LogP contribution in [-0.2, 0) is 21.4 Å². The van der Waals surface area contributed by atoms with Crippen molar-refractivity contribution in [1.82, 2.24) is 25.1 Å². The summed E-state index contributed by atoms with van der Waals surface area (Å²) < 4.78 is 13.2. The first-order valence-electron chi connectivity index (χ1n) is 12.6. The Bertz CT molecular complexity index is 1280. The molecule has 1 aromatic carbocycles. The molecule has 0 saturated carbocycles.